The first kappa shape index (κ1) is 14.7. The zero-order chi connectivity index (χ0) is 16.7. The Bertz CT molecular complexity index is 929. The summed E-state index contributed by atoms with van der Waals surface area (Å²) in [7, 11) is 0. The quantitative estimate of drug-likeness (QED) is 0.681. The van der Waals surface area contributed by atoms with E-state index in [-0.39, 0.29) is 18.4 Å². The average Bonchev–Trinajstić information content (AvgIpc) is 3.15. The van der Waals surface area contributed by atoms with Gasteiger partial charge in [-0.25, -0.2) is 4.98 Å². The molecule has 0 fully saturated rings. The van der Waals surface area contributed by atoms with Gasteiger partial charge in [0.25, 0.3) is 11.8 Å². The van der Waals surface area contributed by atoms with Crippen LogP contribution in [-0.4, -0.2) is 21.7 Å². The van der Waals surface area contributed by atoms with Crippen molar-refractivity contribution in [2.24, 2.45) is 0 Å². The van der Waals surface area contributed by atoms with Gasteiger partial charge in [-0.2, -0.15) is 0 Å². The molecule has 4 rings (SSSR count). The van der Waals surface area contributed by atoms with Gasteiger partial charge in [0.1, 0.15) is 6.54 Å². The van der Waals surface area contributed by atoms with Crippen LogP contribution < -0.4 is 0 Å². The minimum absolute atomic E-state index is 0.00703. The number of oxazole rings is 1. The molecule has 118 valence electrons. The van der Waals surface area contributed by atoms with Crippen LogP contribution in [0.2, 0.25) is 5.02 Å². The van der Waals surface area contributed by atoms with Gasteiger partial charge in [-0.1, -0.05) is 35.9 Å². The lowest BCUT2D eigenvalue weighted by Crippen LogP contribution is -2.29. The zero-order valence-corrected chi connectivity index (χ0v) is 13.2. The van der Waals surface area contributed by atoms with Crippen LogP contribution in [-0.2, 0) is 6.54 Å². The summed E-state index contributed by atoms with van der Waals surface area (Å²) in [6.07, 6.45) is 1.55. The molecule has 24 heavy (non-hydrogen) atoms. The van der Waals surface area contributed by atoms with Crippen molar-refractivity contribution in [2.75, 3.05) is 0 Å². The number of carbonyl (C=O) groups is 2. The molecule has 0 radical (unpaired) electrons. The van der Waals surface area contributed by atoms with Crippen molar-refractivity contribution in [1.29, 1.82) is 0 Å². The van der Waals surface area contributed by atoms with E-state index in [0.29, 0.717) is 27.8 Å². The van der Waals surface area contributed by atoms with Crippen molar-refractivity contribution in [3.63, 3.8) is 0 Å². The lowest BCUT2D eigenvalue weighted by molar-refractivity contribution is 0.0629. The smallest absolute Gasteiger partial charge is 0.262 e. The van der Waals surface area contributed by atoms with Gasteiger partial charge < -0.3 is 4.42 Å². The molecule has 1 aliphatic rings. The number of carbonyl (C=O) groups excluding carboxylic acids is 2. The molecular formula is C18H11ClN2O3. The zero-order valence-electron chi connectivity index (χ0n) is 12.4. The minimum Gasteiger partial charge on any atom is -0.439 e. The number of hydrogen-bond donors (Lipinski definition) is 0. The van der Waals surface area contributed by atoms with Crippen molar-refractivity contribution in [2.45, 2.75) is 6.54 Å². The van der Waals surface area contributed by atoms with Crippen LogP contribution in [0.15, 0.2) is 59.1 Å². The number of fused-ring (bicyclic) bond motifs is 1. The van der Waals surface area contributed by atoms with Crippen molar-refractivity contribution >= 4 is 23.4 Å². The van der Waals surface area contributed by atoms with Crippen LogP contribution in [0.5, 0.6) is 0 Å². The maximum Gasteiger partial charge on any atom is 0.262 e. The van der Waals surface area contributed by atoms with Gasteiger partial charge in [0, 0.05) is 10.6 Å². The molecule has 0 aliphatic carbocycles. The summed E-state index contributed by atoms with van der Waals surface area (Å²) in [5.74, 6) is 0.153. The number of nitrogens with zero attached hydrogens (tertiary/aromatic N) is 2. The summed E-state index contributed by atoms with van der Waals surface area (Å²) >= 11 is 5.97. The topological polar surface area (TPSA) is 63.4 Å². The predicted molar refractivity (Wildman–Crippen MR) is 87.6 cm³/mol. The Morgan fingerprint density at radius 2 is 1.71 bits per heavy atom. The number of hydrogen-bond acceptors (Lipinski definition) is 4. The molecular weight excluding hydrogens is 328 g/mol. The second-order valence-corrected chi connectivity index (χ2v) is 5.81. The number of aromatic nitrogens is 1. The number of rotatable bonds is 3. The molecule has 0 unspecified atom stereocenters. The van der Waals surface area contributed by atoms with Gasteiger partial charge in [-0.3, -0.25) is 14.5 Å². The van der Waals surface area contributed by atoms with E-state index in [9.17, 15) is 9.59 Å². The lowest BCUT2D eigenvalue weighted by atomic mass is 10.1. The number of benzene rings is 2. The summed E-state index contributed by atoms with van der Waals surface area (Å²) in [6.45, 7) is -0.00703. The third-order valence-electron chi connectivity index (χ3n) is 3.83. The fourth-order valence-electron chi connectivity index (χ4n) is 2.68. The molecule has 0 N–H and O–H groups in total. The highest BCUT2D eigenvalue weighted by Gasteiger charge is 2.35. The highest BCUT2D eigenvalue weighted by molar-refractivity contribution is 6.30. The van der Waals surface area contributed by atoms with Gasteiger partial charge in [0.05, 0.1) is 17.3 Å². The summed E-state index contributed by atoms with van der Waals surface area (Å²) in [4.78, 5) is 30.0. The Morgan fingerprint density at radius 1 is 1.00 bits per heavy atom. The molecule has 6 heteroatoms. The normalized spacial score (nSPS) is 13.5. The van der Waals surface area contributed by atoms with Gasteiger partial charge in [-0.15, -0.1) is 0 Å². The van der Waals surface area contributed by atoms with Gasteiger partial charge in [0.15, 0.2) is 5.76 Å². The second-order valence-electron chi connectivity index (χ2n) is 5.37. The molecule has 3 aromatic rings. The van der Waals surface area contributed by atoms with Crippen molar-refractivity contribution in [3.05, 3.63) is 76.8 Å². The van der Waals surface area contributed by atoms with Crippen LogP contribution in [0.25, 0.3) is 11.3 Å². The van der Waals surface area contributed by atoms with Crippen LogP contribution in [0.3, 0.4) is 0 Å². The standard InChI is InChI=1S/C18H11ClN2O3/c19-12-5-3-4-11(8-12)15-9-20-16(24-15)10-21-17(22)13-6-1-2-7-14(13)18(21)23/h1-9H,10H2. The molecule has 2 amide bonds. The predicted octanol–water partition coefficient (Wildman–Crippen LogP) is 3.79. The minimum atomic E-state index is -0.335. The fourth-order valence-corrected chi connectivity index (χ4v) is 2.87. The van der Waals surface area contributed by atoms with E-state index >= 15 is 0 Å². The Labute approximate surface area is 142 Å². The van der Waals surface area contributed by atoms with E-state index in [1.807, 2.05) is 12.1 Å². The van der Waals surface area contributed by atoms with E-state index in [0.717, 1.165) is 10.5 Å². The number of amides is 2. The first-order valence-corrected chi connectivity index (χ1v) is 7.67. The van der Waals surface area contributed by atoms with Crippen LogP contribution in [0.1, 0.15) is 26.6 Å². The number of imide groups is 1. The molecule has 1 aromatic heterocycles. The summed E-state index contributed by atoms with van der Waals surface area (Å²) in [5.41, 5.74) is 1.59. The monoisotopic (exact) mass is 338 g/mol. The van der Waals surface area contributed by atoms with Crippen molar-refractivity contribution in [3.8, 4) is 11.3 Å². The van der Waals surface area contributed by atoms with Gasteiger partial charge >= 0.3 is 0 Å². The summed E-state index contributed by atoms with van der Waals surface area (Å²) in [6, 6.07) is 13.9. The molecule has 0 saturated heterocycles. The molecule has 5 nitrogen and oxygen atoms in total. The van der Waals surface area contributed by atoms with E-state index in [4.69, 9.17) is 16.0 Å². The third-order valence-corrected chi connectivity index (χ3v) is 4.07. The van der Waals surface area contributed by atoms with E-state index in [1.165, 1.54) is 0 Å². The van der Waals surface area contributed by atoms with E-state index in [2.05, 4.69) is 4.98 Å². The van der Waals surface area contributed by atoms with Crippen LogP contribution >= 0.6 is 11.6 Å². The van der Waals surface area contributed by atoms with Crippen molar-refractivity contribution in [1.82, 2.24) is 9.88 Å². The Kier molecular flexibility index (Phi) is 3.43. The summed E-state index contributed by atoms with van der Waals surface area (Å²) < 4.78 is 5.67. The van der Waals surface area contributed by atoms with Gasteiger partial charge in [0.2, 0.25) is 5.89 Å². The molecule has 0 atom stereocenters. The maximum atomic E-state index is 12.4. The highest BCUT2D eigenvalue weighted by atomic mass is 35.5. The first-order chi connectivity index (χ1) is 11.6. The molecule has 2 aromatic carbocycles. The molecule has 0 saturated carbocycles. The fraction of sp³-hybridized carbons (Fsp3) is 0.0556. The second kappa shape index (κ2) is 5.62. The summed E-state index contributed by atoms with van der Waals surface area (Å²) in [5, 5.41) is 0.589. The molecule has 1 aliphatic heterocycles. The largest absolute Gasteiger partial charge is 0.439 e. The van der Waals surface area contributed by atoms with Gasteiger partial charge in [-0.05, 0) is 24.3 Å². The average molecular weight is 339 g/mol. The highest BCUT2D eigenvalue weighted by Crippen LogP contribution is 2.27. The SMILES string of the molecule is O=C1c2ccccc2C(=O)N1Cc1ncc(-c2cccc(Cl)c2)o1. The third kappa shape index (κ3) is 2.39. The Morgan fingerprint density at radius 3 is 2.38 bits per heavy atom. The first-order valence-electron chi connectivity index (χ1n) is 7.29. The molecule has 0 spiro atoms. The van der Waals surface area contributed by atoms with E-state index in [1.54, 1.807) is 42.6 Å². The number of halogens is 1. The molecule has 0 bridgehead atoms. The van der Waals surface area contributed by atoms with Crippen molar-refractivity contribution < 1.29 is 14.0 Å². The van der Waals surface area contributed by atoms with Crippen LogP contribution in [0, 0.1) is 0 Å². The Balaban J connectivity index is 1.59. The molecule has 2 heterocycles. The van der Waals surface area contributed by atoms with E-state index < -0.39 is 0 Å². The Hall–Kier alpha value is -2.92. The van der Waals surface area contributed by atoms with Crippen LogP contribution in [0.4, 0.5) is 0 Å². The maximum absolute atomic E-state index is 12.4. The lowest BCUT2D eigenvalue weighted by Gasteiger charge is -2.10.